The zero-order chi connectivity index (χ0) is 14.1. The number of aryl methyl sites for hydroxylation is 2. The van der Waals surface area contributed by atoms with Gasteiger partial charge in [0, 0.05) is 17.1 Å². The van der Waals surface area contributed by atoms with Crippen molar-refractivity contribution in [3.05, 3.63) is 59.8 Å². The quantitative estimate of drug-likeness (QED) is 0.775. The normalized spacial score (nSPS) is 10.7. The van der Waals surface area contributed by atoms with E-state index in [0.717, 1.165) is 17.1 Å². The Hall–Kier alpha value is -2.69. The minimum Gasteiger partial charge on any atom is -0.321 e. The highest BCUT2D eigenvalue weighted by Crippen LogP contribution is 2.13. The molecule has 100 valence electrons. The van der Waals surface area contributed by atoms with Gasteiger partial charge in [-0.25, -0.2) is 9.97 Å². The van der Waals surface area contributed by atoms with Crippen LogP contribution in [0.2, 0.25) is 0 Å². The number of benzene rings is 1. The first-order chi connectivity index (χ1) is 9.65. The molecular weight excluding hydrogens is 252 g/mol. The summed E-state index contributed by atoms with van der Waals surface area (Å²) in [6.07, 6.45) is 1.62. The molecule has 3 rings (SSSR count). The lowest BCUT2D eigenvalue weighted by Gasteiger charge is -2.04. The molecule has 2 aromatic heterocycles. The van der Waals surface area contributed by atoms with Crippen LogP contribution in [0.1, 0.15) is 21.9 Å². The molecule has 5 heteroatoms. The summed E-state index contributed by atoms with van der Waals surface area (Å²) in [5.41, 5.74) is 3.52. The van der Waals surface area contributed by atoms with Crippen molar-refractivity contribution in [3.63, 3.8) is 0 Å². The van der Waals surface area contributed by atoms with Crippen LogP contribution in [0.15, 0.2) is 42.7 Å². The van der Waals surface area contributed by atoms with Gasteiger partial charge in [0.2, 0.25) is 0 Å². The van der Waals surface area contributed by atoms with Gasteiger partial charge < -0.3 is 5.32 Å². The summed E-state index contributed by atoms with van der Waals surface area (Å²) >= 11 is 0. The van der Waals surface area contributed by atoms with Crippen LogP contribution in [0.4, 0.5) is 5.69 Å². The average molecular weight is 266 g/mol. The van der Waals surface area contributed by atoms with Crippen molar-refractivity contribution < 1.29 is 4.79 Å². The number of para-hydroxylation sites is 1. The minimum absolute atomic E-state index is 0.254. The van der Waals surface area contributed by atoms with Crippen molar-refractivity contribution in [1.29, 1.82) is 0 Å². The Morgan fingerprint density at radius 1 is 1.20 bits per heavy atom. The van der Waals surface area contributed by atoms with E-state index in [4.69, 9.17) is 0 Å². The fraction of sp³-hybridized carbons (Fsp3) is 0.133. The van der Waals surface area contributed by atoms with Gasteiger partial charge in [-0.3, -0.25) is 9.20 Å². The monoisotopic (exact) mass is 266 g/mol. The summed E-state index contributed by atoms with van der Waals surface area (Å²) < 4.78 is 1.81. The van der Waals surface area contributed by atoms with E-state index in [0.29, 0.717) is 11.3 Å². The highest BCUT2D eigenvalue weighted by molar-refractivity contribution is 6.06. The number of fused-ring (bicyclic) bond motifs is 1. The molecule has 2 heterocycles. The van der Waals surface area contributed by atoms with E-state index in [1.807, 2.05) is 54.6 Å². The maximum absolute atomic E-state index is 12.3. The SMILES string of the molecule is Cc1cc(C)n2cnc(C(=O)Nc3ccccc3)c2n1. The van der Waals surface area contributed by atoms with Gasteiger partial charge in [-0.1, -0.05) is 18.2 Å². The Labute approximate surface area is 116 Å². The predicted octanol–water partition coefficient (Wildman–Crippen LogP) is 2.60. The number of rotatable bonds is 2. The van der Waals surface area contributed by atoms with Crippen molar-refractivity contribution >= 4 is 17.2 Å². The van der Waals surface area contributed by atoms with Crippen LogP contribution < -0.4 is 5.32 Å². The number of carbonyl (C=O) groups excluding carboxylic acids is 1. The fourth-order valence-electron chi connectivity index (χ4n) is 2.15. The molecule has 0 saturated carbocycles. The molecule has 0 bridgehead atoms. The molecule has 0 atom stereocenters. The highest BCUT2D eigenvalue weighted by atomic mass is 16.1. The van der Waals surface area contributed by atoms with Crippen LogP contribution in [-0.2, 0) is 0 Å². The first-order valence-electron chi connectivity index (χ1n) is 6.33. The summed E-state index contributed by atoms with van der Waals surface area (Å²) in [7, 11) is 0. The molecule has 3 aromatic rings. The number of carbonyl (C=O) groups is 1. The molecule has 0 unspecified atom stereocenters. The minimum atomic E-state index is -0.254. The number of anilines is 1. The third-order valence-electron chi connectivity index (χ3n) is 3.07. The van der Waals surface area contributed by atoms with Crippen LogP contribution in [-0.4, -0.2) is 20.3 Å². The Balaban J connectivity index is 2.00. The van der Waals surface area contributed by atoms with Crippen molar-refractivity contribution in [2.75, 3.05) is 5.32 Å². The zero-order valence-electron chi connectivity index (χ0n) is 11.3. The molecule has 0 fully saturated rings. The van der Waals surface area contributed by atoms with Gasteiger partial charge in [0.1, 0.15) is 6.33 Å². The van der Waals surface area contributed by atoms with Gasteiger partial charge in [0.25, 0.3) is 5.91 Å². The second-order valence-corrected chi connectivity index (χ2v) is 4.65. The summed E-state index contributed by atoms with van der Waals surface area (Å²) in [6.45, 7) is 3.86. The van der Waals surface area contributed by atoms with E-state index in [1.165, 1.54) is 0 Å². The molecule has 20 heavy (non-hydrogen) atoms. The summed E-state index contributed by atoms with van der Waals surface area (Å²) in [5.74, 6) is -0.254. The molecule has 1 amide bonds. The number of hydrogen-bond donors (Lipinski definition) is 1. The first kappa shape index (κ1) is 12.3. The number of imidazole rings is 1. The van der Waals surface area contributed by atoms with Crippen LogP contribution >= 0.6 is 0 Å². The van der Waals surface area contributed by atoms with Gasteiger partial charge in [0.05, 0.1) is 0 Å². The number of nitrogens with zero attached hydrogens (tertiary/aromatic N) is 3. The van der Waals surface area contributed by atoms with Crippen molar-refractivity contribution in [3.8, 4) is 0 Å². The zero-order valence-corrected chi connectivity index (χ0v) is 11.3. The molecule has 0 aliphatic heterocycles. The number of nitrogens with one attached hydrogen (secondary N) is 1. The smallest absolute Gasteiger partial charge is 0.278 e. The largest absolute Gasteiger partial charge is 0.321 e. The lowest BCUT2D eigenvalue weighted by molar-refractivity contribution is 0.102. The molecule has 0 radical (unpaired) electrons. The van der Waals surface area contributed by atoms with Crippen LogP contribution in [0.5, 0.6) is 0 Å². The van der Waals surface area contributed by atoms with E-state index in [-0.39, 0.29) is 5.91 Å². The maximum Gasteiger partial charge on any atom is 0.278 e. The van der Waals surface area contributed by atoms with Crippen LogP contribution in [0.3, 0.4) is 0 Å². The lowest BCUT2D eigenvalue weighted by Crippen LogP contribution is -2.13. The molecular formula is C15H14N4O. The standard InChI is InChI=1S/C15H14N4O/c1-10-8-11(2)19-9-16-13(14(19)17-10)15(20)18-12-6-4-3-5-7-12/h3-9H,1-2H3,(H,18,20). The maximum atomic E-state index is 12.3. The van der Waals surface area contributed by atoms with Crippen molar-refractivity contribution in [2.45, 2.75) is 13.8 Å². The number of hydrogen-bond acceptors (Lipinski definition) is 3. The number of amides is 1. The van der Waals surface area contributed by atoms with E-state index in [1.54, 1.807) is 6.33 Å². The van der Waals surface area contributed by atoms with Crippen LogP contribution in [0.25, 0.3) is 5.65 Å². The Morgan fingerprint density at radius 3 is 2.70 bits per heavy atom. The molecule has 1 aromatic carbocycles. The summed E-state index contributed by atoms with van der Waals surface area (Å²) in [4.78, 5) is 20.9. The van der Waals surface area contributed by atoms with Crippen LogP contribution in [0, 0.1) is 13.8 Å². The number of aromatic nitrogens is 3. The first-order valence-corrected chi connectivity index (χ1v) is 6.33. The fourth-order valence-corrected chi connectivity index (χ4v) is 2.15. The molecule has 5 nitrogen and oxygen atoms in total. The van der Waals surface area contributed by atoms with Gasteiger partial charge in [0.15, 0.2) is 11.3 Å². The molecule has 0 aliphatic carbocycles. The molecule has 0 saturated heterocycles. The molecule has 0 spiro atoms. The Kier molecular flexibility index (Phi) is 2.95. The third kappa shape index (κ3) is 2.14. The van der Waals surface area contributed by atoms with E-state index in [9.17, 15) is 4.79 Å². The van der Waals surface area contributed by atoms with Gasteiger partial charge in [-0.05, 0) is 32.0 Å². The predicted molar refractivity (Wildman–Crippen MR) is 76.9 cm³/mol. The van der Waals surface area contributed by atoms with Gasteiger partial charge in [-0.15, -0.1) is 0 Å². The van der Waals surface area contributed by atoms with Crippen molar-refractivity contribution in [2.24, 2.45) is 0 Å². The van der Waals surface area contributed by atoms with E-state index in [2.05, 4.69) is 15.3 Å². The van der Waals surface area contributed by atoms with Gasteiger partial charge >= 0.3 is 0 Å². The van der Waals surface area contributed by atoms with Crippen molar-refractivity contribution in [1.82, 2.24) is 14.4 Å². The molecule has 0 aliphatic rings. The lowest BCUT2D eigenvalue weighted by atomic mass is 10.3. The average Bonchev–Trinajstić information content (AvgIpc) is 2.84. The van der Waals surface area contributed by atoms with Gasteiger partial charge in [-0.2, -0.15) is 0 Å². The van der Waals surface area contributed by atoms with E-state index < -0.39 is 0 Å². The highest BCUT2D eigenvalue weighted by Gasteiger charge is 2.16. The molecule has 1 N–H and O–H groups in total. The topological polar surface area (TPSA) is 59.3 Å². The second-order valence-electron chi connectivity index (χ2n) is 4.65. The second kappa shape index (κ2) is 4.77. The van der Waals surface area contributed by atoms with E-state index >= 15 is 0 Å². The summed E-state index contributed by atoms with van der Waals surface area (Å²) in [6, 6.07) is 11.3. The third-order valence-corrected chi connectivity index (χ3v) is 3.07. The Bertz CT molecular complexity index is 777. The Morgan fingerprint density at radius 2 is 1.95 bits per heavy atom. The summed E-state index contributed by atoms with van der Waals surface area (Å²) in [5, 5.41) is 2.82.